The number of hydrogen-bond acceptors (Lipinski definition) is 2. The van der Waals surface area contributed by atoms with E-state index in [1.165, 1.54) is 6.08 Å². The van der Waals surface area contributed by atoms with Gasteiger partial charge in [-0.1, -0.05) is 67.4 Å². The number of hydrogen-bond donors (Lipinski definition) is 0. The second-order valence-electron chi connectivity index (χ2n) is 7.61. The van der Waals surface area contributed by atoms with Gasteiger partial charge in [0.25, 0.3) is 8.32 Å². The minimum Gasteiger partial charge on any atom is -0.516 e. The van der Waals surface area contributed by atoms with Crippen LogP contribution in [0.4, 0.5) is 0 Å². The molecule has 0 aromatic rings. The average Bonchev–Trinajstić information content (AvgIpc) is 2.40. The molecule has 0 saturated carbocycles. The smallest absolute Gasteiger partial charge is 0.316 e. The van der Waals surface area contributed by atoms with E-state index in [0.29, 0.717) is 17.8 Å². The van der Waals surface area contributed by atoms with Crippen LogP contribution in [0.15, 0.2) is 12.7 Å². The molecule has 0 N–H and O–H groups in total. The Morgan fingerprint density at radius 1 is 0.905 bits per heavy atom. The quantitative estimate of drug-likeness (QED) is 0.356. The van der Waals surface area contributed by atoms with Gasteiger partial charge in [0.15, 0.2) is 0 Å². The van der Waals surface area contributed by atoms with Crippen molar-refractivity contribution in [2.24, 2.45) is 17.8 Å². The normalized spacial score (nSPS) is 12.2. The van der Waals surface area contributed by atoms with Crippen LogP contribution in [-0.2, 0) is 9.22 Å². The Hall–Kier alpha value is -0.573. The third-order valence-corrected chi connectivity index (χ3v) is 8.25. The molecule has 0 amide bonds. The fourth-order valence-corrected chi connectivity index (χ4v) is 7.31. The van der Waals surface area contributed by atoms with Gasteiger partial charge in [-0.05, 0) is 35.9 Å². The Morgan fingerprint density at radius 2 is 1.24 bits per heavy atom. The molecular weight excluding hydrogens is 276 g/mol. The van der Waals surface area contributed by atoms with Crippen LogP contribution in [0.2, 0.25) is 18.1 Å². The van der Waals surface area contributed by atoms with E-state index < -0.39 is 8.32 Å². The highest BCUT2D eigenvalue weighted by molar-refractivity contribution is 6.75. The van der Waals surface area contributed by atoms with Crippen LogP contribution in [0.1, 0.15) is 60.8 Å². The van der Waals surface area contributed by atoms with Crippen molar-refractivity contribution < 1.29 is 9.22 Å². The van der Waals surface area contributed by atoms with Crippen LogP contribution < -0.4 is 0 Å². The Labute approximate surface area is 133 Å². The van der Waals surface area contributed by atoms with Crippen LogP contribution in [0.3, 0.4) is 0 Å². The lowest BCUT2D eigenvalue weighted by atomic mass is 10.2. The molecular formula is C18H36O2Si. The highest BCUT2D eigenvalue weighted by atomic mass is 28.4. The van der Waals surface area contributed by atoms with E-state index in [9.17, 15) is 4.79 Å². The van der Waals surface area contributed by atoms with Gasteiger partial charge in [0.1, 0.15) is 0 Å². The van der Waals surface area contributed by atoms with Gasteiger partial charge in [0.05, 0.1) is 0 Å². The zero-order chi connectivity index (χ0) is 16.5. The zero-order valence-electron chi connectivity index (χ0n) is 15.1. The molecule has 0 atom stereocenters. The van der Waals surface area contributed by atoms with E-state index in [4.69, 9.17) is 4.43 Å². The fourth-order valence-electron chi connectivity index (χ4n) is 2.44. The van der Waals surface area contributed by atoms with Gasteiger partial charge >= 0.3 is 5.97 Å². The van der Waals surface area contributed by atoms with E-state index in [1.54, 1.807) is 0 Å². The highest BCUT2D eigenvalue weighted by Crippen LogP contribution is 2.32. The molecule has 0 spiro atoms. The second kappa shape index (κ2) is 10.2. The lowest BCUT2D eigenvalue weighted by molar-refractivity contribution is -0.129. The standard InChI is InChI=1S/C18H36O2Si/c1-8-18(19)20-21(12-9-15(2)3,13-10-16(4)5)14-11-17(6)7/h8,15-17H,1,9-14H2,2-7H3. The Kier molecular flexibility index (Phi) is 9.92. The van der Waals surface area contributed by atoms with E-state index in [1.807, 2.05) is 0 Å². The summed E-state index contributed by atoms with van der Waals surface area (Å²) in [5, 5.41) is 0. The second-order valence-corrected chi connectivity index (χ2v) is 11.7. The lowest BCUT2D eigenvalue weighted by Crippen LogP contribution is -2.41. The summed E-state index contributed by atoms with van der Waals surface area (Å²) in [4.78, 5) is 11.9. The number of carbonyl (C=O) groups is 1. The van der Waals surface area contributed by atoms with Crippen LogP contribution in [0, 0.1) is 17.8 Å². The third kappa shape index (κ3) is 9.89. The highest BCUT2D eigenvalue weighted by Gasteiger charge is 2.37. The van der Waals surface area contributed by atoms with Crippen LogP contribution in [0.5, 0.6) is 0 Å². The first-order chi connectivity index (χ1) is 9.70. The third-order valence-electron chi connectivity index (χ3n) is 4.02. The minimum absolute atomic E-state index is 0.210. The molecule has 124 valence electrons. The number of carbonyl (C=O) groups excluding carboxylic acids is 1. The average molecular weight is 313 g/mol. The molecule has 0 aliphatic carbocycles. The van der Waals surface area contributed by atoms with Gasteiger partial charge in [0.2, 0.25) is 0 Å². The summed E-state index contributed by atoms with van der Waals surface area (Å²) in [6.07, 6.45) is 4.81. The van der Waals surface area contributed by atoms with Crippen molar-refractivity contribution >= 4 is 14.3 Å². The summed E-state index contributed by atoms with van der Waals surface area (Å²) in [7, 11) is -1.99. The molecule has 0 fully saturated rings. The molecule has 0 unspecified atom stereocenters. The summed E-state index contributed by atoms with van der Waals surface area (Å²) in [6.45, 7) is 17.1. The van der Waals surface area contributed by atoms with Crippen LogP contribution in [0.25, 0.3) is 0 Å². The van der Waals surface area contributed by atoms with Gasteiger partial charge < -0.3 is 4.43 Å². The first kappa shape index (κ1) is 20.4. The molecule has 0 aliphatic rings. The molecule has 21 heavy (non-hydrogen) atoms. The van der Waals surface area contributed by atoms with Gasteiger partial charge in [-0.2, -0.15) is 0 Å². The summed E-state index contributed by atoms with van der Waals surface area (Å²) < 4.78 is 6.02. The van der Waals surface area contributed by atoms with Gasteiger partial charge in [-0.15, -0.1) is 0 Å². The van der Waals surface area contributed by atoms with Crippen molar-refractivity contribution in [1.82, 2.24) is 0 Å². The molecule has 0 aliphatic heterocycles. The molecule has 0 bridgehead atoms. The molecule has 3 heteroatoms. The van der Waals surface area contributed by atoms with Crippen molar-refractivity contribution in [3.8, 4) is 0 Å². The predicted molar refractivity (Wildman–Crippen MR) is 94.8 cm³/mol. The van der Waals surface area contributed by atoms with E-state index in [2.05, 4.69) is 48.1 Å². The molecule has 0 heterocycles. The molecule has 0 aromatic heterocycles. The van der Waals surface area contributed by atoms with Crippen molar-refractivity contribution in [3.05, 3.63) is 12.7 Å². The van der Waals surface area contributed by atoms with Crippen LogP contribution in [-0.4, -0.2) is 14.3 Å². The predicted octanol–water partition coefficient (Wildman–Crippen LogP) is 5.80. The summed E-state index contributed by atoms with van der Waals surface area (Å²) in [5.74, 6) is 1.78. The monoisotopic (exact) mass is 312 g/mol. The molecule has 0 rings (SSSR count). The first-order valence-corrected chi connectivity index (χ1v) is 11.1. The Balaban J connectivity index is 5.03. The summed E-state index contributed by atoms with van der Waals surface area (Å²) >= 11 is 0. The minimum atomic E-state index is -1.99. The largest absolute Gasteiger partial charge is 0.516 e. The topological polar surface area (TPSA) is 26.3 Å². The molecule has 0 saturated heterocycles. The van der Waals surface area contributed by atoms with E-state index >= 15 is 0 Å². The summed E-state index contributed by atoms with van der Waals surface area (Å²) in [6, 6.07) is 3.30. The summed E-state index contributed by atoms with van der Waals surface area (Å²) in [5.41, 5.74) is 0. The van der Waals surface area contributed by atoms with E-state index in [-0.39, 0.29) is 5.97 Å². The van der Waals surface area contributed by atoms with Crippen molar-refractivity contribution in [2.75, 3.05) is 0 Å². The maximum Gasteiger partial charge on any atom is 0.316 e. The maximum atomic E-state index is 11.9. The molecule has 0 aromatic carbocycles. The van der Waals surface area contributed by atoms with Crippen molar-refractivity contribution in [3.63, 3.8) is 0 Å². The van der Waals surface area contributed by atoms with Crippen molar-refractivity contribution in [1.29, 1.82) is 0 Å². The Morgan fingerprint density at radius 3 is 1.48 bits per heavy atom. The Bertz CT molecular complexity index is 277. The fraction of sp³-hybridized carbons (Fsp3) is 0.833. The lowest BCUT2D eigenvalue weighted by Gasteiger charge is -2.32. The molecule has 2 nitrogen and oxygen atoms in total. The van der Waals surface area contributed by atoms with Gasteiger partial charge in [-0.3, -0.25) is 0 Å². The zero-order valence-corrected chi connectivity index (χ0v) is 16.1. The van der Waals surface area contributed by atoms with E-state index in [0.717, 1.165) is 37.4 Å². The SMILES string of the molecule is C=CC(=O)O[Si](CCC(C)C)(CCC(C)C)CCC(C)C. The maximum absolute atomic E-state index is 11.9. The molecule has 0 radical (unpaired) electrons. The number of rotatable bonds is 11. The first-order valence-electron chi connectivity index (χ1n) is 8.56. The van der Waals surface area contributed by atoms with Gasteiger partial charge in [0, 0.05) is 6.08 Å². The van der Waals surface area contributed by atoms with Crippen molar-refractivity contribution in [2.45, 2.75) is 78.9 Å². The van der Waals surface area contributed by atoms with Gasteiger partial charge in [-0.25, -0.2) is 4.79 Å². The van der Waals surface area contributed by atoms with Crippen LogP contribution >= 0.6 is 0 Å².